The van der Waals surface area contributed by atoms with Gasteiger partial charge in [0.05, 0.1) is 17.9 Å². The molecule has 1 N–H and O–H groups in total. The summed E-state index contributed by atoms with van der Waals surface area (Å²) in [6.45, 7) is 3.17. The Labute approximate surface area is 204 Å². The molecule has 1 unspecified atom stereocenters. The van der Waals surface area contributed by atoms with Gasteiger partial charge in [0, 0.05) is 23.4 Å². The van der Waals surface area contributed by atoms with Gasteiger partial charge in [0.1, 0.15) is 5.92 Å². The summed E-state index contributed by atoms with van der Waals surface area (Å²) in [5, 5.41) is 3.50. The molecule has 2 amide bonds. The Hall–Kier alpha value is -3.48. The lowest BCUT2D eigenvalue weighted by atomic mass is 9.90. The lowest BCUT2D eigenvalue weighted by Crippen LogP contribution is -2.36. The van der Waals surface area contributed by atoms with E-state index in [1.54, 1.807) is 24.1 Å². The van der Waals surface area contributed by atoms with Crippen LogP contribution in [0.15, 0.2) is 77.8 Å². The van der Waals surface area contributed by atoms with Gasteiger partial charge in [0.25, 0.3) is 0 Å². The fourth-order valence-electron chi connectivity index (χ4n) is 3.89. The molecule has 1 aliphatic rings. The molecule has 0 radical (unpaired) electrons. The molecule has 34 heavy (non-hydrogen) atoms. The number of likely N-dealkylation sites (N-methyl/N-ethyl adjacent to an activating group) is 2. The number of nitrogens with zero attached hydrogens (tertiary/aromatic N) is 3. The van der Waals surface area contributed by atoms with E-state index in [2.05, 4.69) is 5.32 Å². The predicted molar refractivity (Wildman–Crippen MR) is 138 cm³/mol. The Morgan fingerprint density at radius 3 is 2.41 bits per heavy atom. The maximum Gasteiger partial charge on any atom is 0.240 e. The number of amides is 2. The number of carbonyl (C=O) groups excluding carboxylic acids is 2. The zero-order chi connectivity index (χ0) is 24.2. The summed E-state index contributed by atoms with van der Waals surface area (Å²) in [7, 11) is 3.68. The van der Waals surface area contributed by atoms with Gasteiger partial charge in [-0.15, -0.1) is 0 Å². The molecule has 0 aromatic heterocycles. The molecule has 0 spiro atoms. The van der Waals surface area contributed by atoms with Crippen molar-refractivity contribution in [3.8, 4) is 0 Å². The zero-order valence-corrected chi connectivity index (χ0v) is 20.2. The Morgan fingerprint density at radius 1 is 1.03 bits per heavy atom. The highest BCUT2D eigenvalue weighted by atomic mass is 35.5. The van der Waals surface area contributed by atoms with Gasteiger partial charge in [-0.05, 0) is 61.1 Å². The topological polar surface area (TPSA) is 65.0 Å². The Morgan fingerprint density at radius 2 is 1.74 bits per heavy atom. The number of nitrogens with one attached hydrogen (secondary N) is 1. The van der Waals surface area contributed by atoms with Gasteiger partial charge in [0.15, 0.2) is 0 Å². The first-order chi connectivity index (χ1) is 16.4. The summed E-state index contributed by atoms with van der Waals surface area (Å²) < 4.78 is 0. The molecule has 3 aromatic rings. The van der Waals surface area contributed by atoms with Crippen LogP contribution in [0.1, 0.15) is 24.0 Å². The van der Waals surface area contributed by atoms with Crippen molar-refractivity contribution in [3.05, 3.63) is 88.9 Å². The number of rotatable bonds is 7. The van der Waals surface area contributed by atoms with Gasteiger partial charge < -0.3 is 10.2 Å². The lowest BCUT2D eigenvalue weighted by Gasteiger charge is -2.21. The molecule has 1 atom stereocenters. The molecule has 3 aromatic carbocycles. The van der Waals surface area contributed by atoms with Crippen LogP contribution in [0.25, 0.3) is 0 Å². The molecule has 0 bridgehead atoms. The molecule has 6 nitrogen and oxygen atoms in total. The second kappa shape index (κ2) is 10.2. The predicted octanol–water partition coefficient (Wildman–Crippen LogP) is 5.11. The van der Waals surface area contributed by atoms with Crippen molar-refractivity contribution in [2.45, 2.75) is 12.8 Å². The summed E-state index contributed by atoms with van der Waals surface area (Å²) >= 11 is 6.13. The van der Waals surface area contributed by atoms with Crippen molar-refractivity contribution in [1.82, 2.24) is 4.90 Å². The number of anilines is 2. The van der Waals surface area contributed by atoms with E-state index in [0.717, 1.165) is 23.4 Å². The number of carbonyl (C=O) groups is 2. The van der Waals surface area contributed by atoms with E-state index in [1.165, 1.54) is 0 Å². The molecular formula is C27H27ClN4O2. The van der Waals surface area contributed by atoms with E-state index in [1.807, 2.05) is 79.5 Å². The van der Waals surface area contributed by atoms with Crippen LogP contribution in [0, 0.1) is 0 Å². The van der Waals surface area contributed by atoms with Gasteiger partial charge in [-0.2, -0.15) is 0 Å². The first-order valence-electron chi connectivity index (χ1n) is 11.2. The molecule has 0 fully saturated rings. The van der Waals surface area contributed by atoms with Crippen LogP contribution in [-0.4, -0.2) is 49.6 Å². The minimum Gasteiger partial charge on any atom is -0.325 e. The van der Waals surface area contributed by atoms with Crippen molar-refractivity contribution in [2.75, 3.05) is 37.4 Å². The van der Waals surface area contributed by atoms with Crippen LogP contribution in [0.5, 0.6) is 0 Å². The highest BCUT2D eigenvalue weighted by Gasteiger charge is 2.35. The van der Waals surface area contributed by atoms with Gasteiger partial charge in [-0.25, -0.2) is 0 Å². The van der Waals surface area contributed by atoms with E-state index in [0.29, 0.717) is 28.7 Å². The first kappa shape index (κ1) is 23.7. The number of aliphatic imine (C=N–C) groups is 1. The zero-order valence-electron chi connectivity index (χ0n) is 19.5. The maximum absolute atomic E-state index is 13.0. The number of benzene rings is 3. The number of hydrogen-bond donors (Lipinski definition) is 1. The fraction of sp³-hybridized carbons (Fsp3) is 0.222. The third kappa shape index (κ3) is 5.03. The van der Waals surface area contributed by atoms with Gasteiger partial charge in [-0.3, -0.25) is 19.5 Å². The second-order valence-electron chi connectivity index (χ2n) is 8.32. The van der Waals surface area contributed by atoms with E-state index < -0.39 is 5.92 Å². The summed E-state index contributed by atoms with van der Waals surface area (Å²) in [4.78, 5) is 34.0. The molecule has 1 heterocycles. The van der Waals surface area contributed by atoms with E-state index in [4.69, 9.17) is 16.6 Å². The number of hydrogen-bond acceptors (Lipinski definition) is 4. The first-order valence-corrected chi connectivity index (χ1v) is 11.5. The Kier molecular flexibility index (Phi) is 7.10. The average molecular weight is 475 g/mol. The van der Waals surface area contributed by atoms with E-state index in [9.17, 15) is 9.59 Å². The Balaban J connectivity index is 1.68. The van der Waals surface area contributed by atoms with Crippen LogP contribution in [0.2, 0.25) is 5.02 Å². The third-order valence-electron chi connectivity index (χ3n) is 6.00. The van der Waals surface area contributed by atoms with Crippen molar-refractivity contribution in [1.29, 1.82) is 0 Å². The average Bonchev–Trinajstić information content (AvgIpc) is 3.17. The molecule has 0 saturated heterocycles. The molecule has 0 aliphatic carbocycles. The van der Waals surface area contributed by atoms with Gasteiger partial charge >= 0.3 is 0 Å². The number of halogens is 1. The minimum atomic E-state index is -0.553. The van der Waals surface area contributed by atoms with Crippen molar-refractivity contribution in [3.63, 3.8) is 0 Å². The van der Waals surface area contributed by atoms with Crippen molar-refractivity contribution >= 4 is 46.2 Å². The van der Waals surface area contributed by atoms with Crippen LogP contribution in [0.4, 0.5) is 17.1 Å². The lowest BCUT2D eigenvalue weighted by molar-refractivity contribution is -0.119. The van der Waals surface area contributed by atoms with Gasteiger partial charge in [-0.1, -0.05) is 54.9 Å². The molecule has 1 aliphatic heterocycles. The molecule has 0 saturated carbocycles. The van der Waals surface area contributed by atoms with Crippen LogP contribution < -0.4 is 10.2 Å². The highest BCUT2D eigenvalue weighted by molar-refractivity contribution is 6.31. The van der Waals surface area contributed by atoms with E-state index in [-0.39, 0.29) is 11.8 Å². The monoisotopic (exact) mass is 474 g/mol. The fourth-order valence-corrected chi connectivity index (χ4v) is 4.07. The van der Waals surface area contributed by atoms with E-state index >= 15 is 0 Å². The highest BCUT2D eigenvalue weighted by Crippen LogP contribution is 2.37. The summed E-state index contributed by atoms with van der Waals surface area (Å²) in [5.74, 6) is -0.673. The largest absolute Gasteiger partial charge is 0.325 e. The molecule has 7 heteroatoms. The summed E-state index contributed by atoms with van der Waals surface area (Å²) in [5.41, 5.74) is 4.56. The third-order valence-corrected chi connectivity index (χ3v) is 6.23. The smallest absolute Gasteiger partial charge is 0.240 e. The molecule has 174 valence electrons. The maximum atomic E-state index is 13.0. The summed E-state index contributed by atoms with van der Waals surface area (Å²) in [6.07, 6.45) is 0. The number of fused-ring (bicyclic) bond motifs is 1. The quantitative estimate of drug-likeness (QED) is 0.484. The van der Waals surface area contributed by atoms with Crippen LogP contribution in [-0.2, 0) is 9.59 Å². The normalized spacial score (nSPS) is 15.3. The standard InChI is InChI=1S/C27H27ClN4O2/c1-4-31(2)17-24(33)32(3)21-13-11-20(12-14-21)29-26(18-8-6-5-7-9-18)25-22-15-10-19(28)16-23(22)30-27(25)34/h5-16,25H,4,17H2,1-3H3,(H,30,34). The molecular weight excluding hydrogens is 448 g/mol. The molecule has 4 rings (SSSR count). The Bertz CT molecular complexity index is 1230. The van der Waals surface area contributed by atoms with Crippen LogP contribution in [0.3, 0.4) is 0 Å². The van der Waals surface area contributed by atoms with Crippen molar-refractivity contribution < 1.29 is 9.59 Å². The van der Waals surface area contributed by atoms with Gasteiger partial charge in [0.2, 0.25) is 11.8 Å². The van der Waals surface area contributed by atoms with Crippen LogP contribution >= 0.6 is 11.6 Å². The summed E-state index contributed by atoms with van der Waals surface area (Å²) in [6, 6.07) is 22.6. The van der Waals surface area contributed by atoms with Crippen molar-refractivity contribution in [2.24, 2.45) is 4.99 Å². The SMILES string of the molecule is CCN(C)CC(=O)N(C)c1ccc(N=C(c2ccccc2)C2C(=O)Nc3cc(Cl)ccc32)cc1. The minimum absolute atomic E-state index is 0.0171. The second-order valence-corrected chi connectivity index (χ2v) is 8.75.